The minimum absolute atomic E-state index is 0.0294. The van der Waals surface area contributed by atoms with Gasteiger partial charge in [-0.3, -0.25) is 9.55 Å². The molecule has 0 bridgehead atoms. The fourth-order valence-electron chi connectivity index (χ4n) is 9.03. The number of nitrogens with one attached hydrogen (secondary N) is 1. The summed E-state index contributed by atoms with van der Waals surface area (Å²) in [4.78, 5) is 14.5. The second-order valence-corrected chi connectivity index (χ2v) is 20.1. The Labute approximate surface area is 365 Å². The van der Waals surface area contributed by atoms with Crippen LogP contribution in [0, 0.1) is 0 Å². The van der Waals surface area contributed by atoms with Crippen LogP contribution in [0.5, 0.6) is 0 Å². The van der Waals surface area contributed by atoms with Gasteiger partial charge >= 0.3 is 0 Å². The summed E-state index contributed by atoms with van der Waals surface area (Å²) < 4.78 is 2.35. The molecular formula is C58H54N4. The van der Waals surface area contributed by atoms with Crippen molar-refractivity contribution >= 4 is 43.7 Å². The summed E-state index contributed by atoms with van der Waals surface area (Å²) in [5.41, 5.74) is 18.1. The fraction of sp³-hybridized carbons (Fsp3) is 0.207. The number of aromatic amines is 1. The quantitative estimate of drug-likeness (QED) is 0.188. The van der Waals surface area contributed by atoms with Crippen molar-refractivity contribution < 1.29 is 0 Å². The van der Waals surface area contributed by atoms with Gasteiger partial charge in [0.05, 0.1) is 22.1 Å². The second kappa shape index (κ2) is 14.4. The highest BCUT2D eigenvalue weighted by atomic mass is 15.1. The Hall–Kier alpha value is -6.78. The average Bonchev–Trinajstić information content (AvgIpc) is 3.84. The molecule has 3 aromatic heterocycles. The maximum atomic E-state index is 5.70. The third kappa shape index (κ3) is 6.88. The molecule has 10 aromatic rings. The molecule has 10 rings (SSSR count). The molecule has 0 unspecified atom stereocenters. The van der Waals surface area contributed by atoms with Gasteiger partial charge in [0.2, 0.25) is 0 Å². The first-order valence-electron chi connectivity index (χ1n) is 21.9. The van der Waals surface area contributed by atoms with Crippen LogP contribution in [0.1, 0.15) is 79.0 Å². The van der Waals surface area contributed by atoms with Crippen LogP contribution in [0.2, 0.25) is 0 Å². The molecule has 0 radical (unpaired) electrons. The third-order valence-electron chi connectivity index (χ3n) is 12.7. The minimum atomic E-state index is -0.0708. The predicted octanol–water partition coefficient (Wildman–Crippen LogP) is 15.8. The number of imidazole rings is 1. The van der Waals surface area contributed by atoms with Gasteiger partial charge in [0.1, 0.15) is 5.82 Å². The minimum Gasteiger partial charge on any atom is -0.354 e. The molecule has 4 nitrogen and oxygen atoms in total. The van der Waals surface area contributed by atoms with Crippen LogP contribution in [0.3, 0.4) is 0 Å². The van der Waals surface area contributed by atoms with Gasteiger partial charge in [-0.1, -0.05) is 147 Å². The fourth-order valence-corrected chi connectivity index (χ4v) is 9.03. The molecule has 306 valence electrons. The number of pyridine rings is 1. The molecule has 4 heteroatoms. The maximum absolute atomic E-state index is 5.70. The van der Waals surface area contributed by atoms with Gasteiger partial charge in [-0.25, -0.2) is 4.98 Å². The molecule has 0 saturated heterocycles. The highest BCUT2D eigenvalue weighted by Gasteiger charge is 2.25. The number of H-pyrrole nitrogens is 1. The van der Waals surface area contributed by atoms with Crippen molar-refractivity contribution in [2.75, 3.05) is 0 Å². The Bertz CT molecular complexity index is 3320. The monoisotopic (exact) mass is 806 g/mol. The Kier molecular flexibility index (Phi) is 9.15. The molecule has 0 fully saturated rings. The topological polar surface area (TPSA) is 46.5 Å². The van der Waals surface area contributed by atoms with E-state index in [1.807, 2.05) is 12.3 Å². The van der Waals surface area contributed by atoms with Gasteiger partial charge in [-0.2, -0.15) is 0 Å². The third-order valence-corrected chi connectivity index (χ3v) is 12.7. The first-order chi connectivity index (χ1) is 29.6. The van der Waals surface area contributed by atoms with Crippen molar-refractivity contribution in [2.45, 2.75) is 78.6 Å². The molecular weight excluding hydrogens is 753 g/mol. The zero-order valence-corrected chi connectivity index (χ0v) is 37.4. The molecule has 0 amide bonds. The van der Waals surface area contributed by atoms with Crippen LogP contribution in [0.15, 0.2) is 158 Å². The lowest BCUT2D eigenvalue weighted by Gasteiger charge is -2.21. The van der Waals surface area contributed by atoms with E-state index < -0.39 is 0 Å². The van der Waals surface area contributed by atoms with E-state index in [9.17, 15) is 0 Å². The lowest BCUT2D eigenvalue weighted by atomic mass is 9.83. The molecule has 0 spiro atoms. The number of hydrogen-bond acceptors (Lipinski definition) is 2. The molecule has 0 aliphatic carbocycles. The number of benzene rings is 7. The van der Waals surface area contributed by atoms with Gasteiger partial charge in [0.25, 0.3) is 0 Å². The smallest absolute Gasteiger partial charge is 0.145 e. The molecule has 0 aliphatic rings. The van der Waals surface area contributed by atoms with Crippen molar-refractivity contribution in [3.63, 3.8) is 0 Å². The second-order valence-electron chi connectivity index (χ2n) is 20.1. The largest absolute Gasteiger partial charge is 0.354 e. The van der Waals surface area contributed by atoms with E-state index in [4.69, 9.17) is 9.97 Å². The average molecular weight is 807 g/mol. The first-order valence-corrected chi connectivity index (χ1v) is 21.9. The van der Waals surface area contributed by atoms with Gasteiger partial charge in [0, 0.05) is 55.8 Å². The molecule has 0 atom stereocenters. The van der Waals surface area contributed by atoms with E-state index in [0.717, 1.165) is 77.9 Å². The summed E-state index contributed by atoms with van der Waals surface area (Å²) in [5.74, 6) is 0.893. The first kappa shape index (κ1) is 39.4. The Morgan fingerprint density at radius 3 is 1.87 bits per heavy atom. The number of hydrogen-bond donors (Lipinski definition) is 1. The van der Waals surface area contributed by atoms with Crippen LogP contribution >= 0.6 is 0 Å². The van der Waals surface area contributed by atoms with E-state index >= 15 is 0 Å². The van der Waals surface area contributed by atoms with Gasteiger partial charge in [0.15, 0.2) is 0 Å². The Morgan fingerprint density at radius 2 is 1.13 bits per heavy atom. The number of aromatic nitrogens is 4. The van der Waals surface area contributed by atoms with Crippen LogP contribution in [-0.4, -0.2) is 19.5 Å². The Balaban J connectivity index is 1.23. The summed E-state index contributed by atoms with van der Waals surface area (Å²) in [5, 5.41) is 3.61. The number of nitrogens with zero attached hydrogens (tertiary/aromatic N) is 3. The molecule has 0 aliphatic heterocycles. The summed E-state index contributed by atoms with van der Waals surface area (Å²) in [6, 6.07) is 55.6. The van der Waals surface area contributed by atoms with Crippen LogP contribution in [0.25, 0.3) is 94.2 Å². The number of rotatable bonds is 5. The zero-order valence-electron chi connectivity index (χ0n) is 37.4. The van der Waals surface area contributed by atoms with Crippen molar-refractivity contribution in [3.05, 3.63) is 175 Å². The van der Waals surface area contributed by atoms with E-state index in [-0.39, 0.29) is 16.2 Å². The van der Waals surface area contributed by atoms with Crippen LogP contribution in [0.4, 0.5) is 0 Å². The van der Waals surface area contributed by atoms with E-state index in [1.165, 1.54) is 33.0 Å². The van der Waals surface area contributed by atoms with Gasteiger partial charge < -0.3 is 4.98 Å². The molecule has 1 N–H and O–H groups in total. The molecule has 62 heavy (non-hydrogen) atoms. The van der Waals surface area contributed by atoms with Gasteiger partial charge in [-0.05, 0) is 116 Å². The predicted molar refractivity (Wildman–Crippen MR) is 264 cm³/mol. The maximum Gasteiger partial charge on any atom is 0.145 e. The lowest BCUT2D eigenvalue weighted by molar-refractivity contribution is 0.590. The highest BCUT2D eigenvalue weighted by molar-refractivity contribution is 6.14. The highest BCUT2D eigenvalue weighted by Crippen LogP contribution is 2.43. The number of fused-ring (bicyclic) bond motifs is 5. The lowest BCUT2D eigenvalue weighted by Crippen LogP contribution is -2.11. The zero-order chi connectivity index (χ0) is 43.1. The number of para-hydroxylation sites is 1. The van der Waals surface area contributed by atoms with Crippen molar-refractivity contribution in [1.82, 2.24) is 19.5 Å². The standard InChI is InChI=1S/C58H54N4/c1-56(2,3)41-23-26-44(27-24-41)62-51-22-14-21-45(48-34-43(58(7,8)9)35-49-47-33-42(57(4,5)6)25-28-50(47)60-53(48)49)54(51)61-55(62)39-19-13-18-37(30-39)46-32-40(36-16-11-10-12-17-36)31-38-20-15-29-59-52(38)46/h10-35,60H,1-9H3. The van der Waals surface area contributed by atoms with E-state index in [1.54, 1.807) is 0 Å². The van der Waals surface area contributed by atoms with Crippen molar-refractivity contribution in [1.29, 1.82) is 0 Å². The Morgan fingerprint density at radius 1 is 0.452 bits per heavy atom. The van der Waals surface area contributed by atoms with Crippen molar-refractivity contribution in [2.24, 2.45) is 0 Å². The van der Waals surface area contributed by atoms with E-state index in [0.29, 0.717) is 0 Å². The SMILES string of the molecule is CC(C)(C)c1ccc(-n2c(-c3cccc(-c4cc(-c5ccccc5)cc5cccnc45)c3)nc3c(-c4cc(C(C)(C)C)cc5c4[nH]c4ccc(C(C)(C)C)cc45)cccc32)cc1. The molecule has 7 aromatic carbocycles. The van der Waals surface area contributed by atoms with Crippen LogP contribution in [-0.2, 0) is 16.2 Å². The normalized spacial score (nSPS) is 12.6. The van der Waals surface area contributed by atoms with E-state index in [2.05, 4.69) is 217 Å². The summed E-state index contributed by atoms with van der Waals surface area (Å²) in [7, 11) is 0. The van der Waals surface area contributed by atoms with Gasteiger partial charge in [-0.15, -0.1) is 0 Å². The molecule has 0 saturated carbocycles. The van der Waals surface area contributed by atoms with Crippen LogP contribution < -0.4 is 0 Å². The summed E-state index contributed by atoms with van der Waals surface area (Å²) in [6.45, 7) is 20.6. The summed E-state index contributed by atoms with van der Waals surface area (Å²) in [6.07, 6.45) is 1.89. The van der Waals surface area contributed by atoms with Crippen molar-refractivity contribution in [3.8, 4) is 50.5 Å². The molecule has 3 heterocycles. The summed E-state index contributed by atoms with van der Waals surface area (Å²) >= 11 is 0.